The third-order valence-corrected chi connectivity index (χ3v) is 4.11. The molecule has 27 heavy (non-hydrogen) atoms. The molecule has 0 N–H and O–H groups in total. The molecule has 0 saturated heterocycles. The van der Waals surface area contributed by atoms with E-state index in [1.54, 1.807) is 18.2 Å². The maximum Gasteiger partial charge on any atom is 0.254 e. The van der Waals surface area contributed by atoms with Crippen LogP contribution in [0.15, 0.2) is 48.5 Å². The minimum atomic E-state index is -0.0249. The average Bonchev–Trinajstić information content (AvgIpc) is 2.69. The molecule has 0 aromatic heterocycles. The lowest BCUT2D eigenvalue weighted by Crippen LogP contribution is -2.36. The van der Waals surface area contributed by atoms with E-state index in [-0.39, 0.29) is 5.91 Å². The van der Waals surface area contributed by atoms with Gasteiger partial charge in [0.15, 0.2) is 0 Å². The Hall–Kier alpha value is -2.84. The number of hydrogen-bond acceptors (Lipinski definition) is 4. The first-order valence-electron chi connectivity index (χ1n) is 9.19. The van der Waals surface area contributed by atoms with Crippen molar-refractivity contribution < 1.29 is 9.53 Å². The molecule has 0 heterocycles. The number of amides is 1. The Kier molecular flexibility index (Phi) is 7.84. The van der Waals surface area contributed by atoms with Crippen molar-refractivity contribution in [2.75, 3.05) is 33.8 Å². The molecule has 0 fully saturated rings. The molecule has 0 aliphatic carbocycles. The Labute approximate surface area is 161 Å². The van der Waals surface area contributed by atoms with Crippen molar-refractivity contribution in [1.82, 2.24) is 9.80 Å². The molecule has 2 aromatic carbocycles. The van der Waals surface area contributed by atoms with Crippen molar-refractivity contribution >= 4 is 5.91 Å². The number of benzene rings is 2. The van der Waals surface area contributed by atoms with Crippen molar-refractivity contribution in [2.45, 2.75) is 19.9 Å². The SMILES string of the molecule is CCCOc1cccc(C(=O)N(CCN(C)C)Cc2ccc(C#N)cc2)c1. The Morgan fingerprint density at radius 3 is 2.48 bits per heavy atom. The third-order valence-electron chi connectivity index (χ3n) is 4.11. The van der Waals surface area contributed by atoms with Gasteiger partial charge in [-0.15, -0.1) is 0 Å². The van der Waals surface area contributed by atoms with Crippen molar-refractivity contribution in [2.24, 2.45) is 0 Å². The molecule has 0 unspecified atom stereocenters. The van der Waals surface area contributed by atoms with Gasteiger partial charge in [0.1, 0.15) is 5.75 Å². The first-order valence-corrected chi connectivity index (χ1v) is 9.19. The molecular weight excluding hydrogens is 338 g/mol. The summed E-state index contributed by atoms with van der Waals surface area (Å²) in [6, 6.07) is 16.8. The van der Waals surface area contributed by atoms with Crippen LogP contribution < -0.4 is 4.74 Å². The van der Waals surface area contributed by atoms with Gasteiger partial charge >= 0.3 is 0 Å². The van der Waals surface area contributed by atoms with E-state index in [4.69, 9.17) is 10.00 Å². The molecule has 0 saturated carbocycles. The van der Waals surface area contributed by atoms with Crippen LogP contribution in [0, 0.1) is 11.3 Å². The lowest BCUT2D eigenvalue weighted by atomic mass is 10.1. The monoisotopic (exact) mass is 365 g/mol. The summed E-state index contributed by atoms with van der Waals surface area (Å²) in [4.78, 5) is 17.0. The average molecular weight is 365 g/mol. The molecule has 0 bridgehead atoms. The van der Waals surface area contributed by atoms with Crippen LogP contribution in [0.4, 0.5) is 0 Å². The highest BCUT2D eigenvalue weighted by molar-refractivity contribution is 5.94. The highest BCUT2D eigenvalue weighted by Crippen LogP contribution is 2.17. The van der Waals surface area contributed by atoms with E-state index in [0.29, 0.717) is 36.6 Å². The van der Waals surface area contributed by atoms with Gasteiger partial charge in [-0.3, -0.25) is 4.79 Å². The lowest BCUT2D eigenvalue weighted by Gasteiger charge is -2.25. The number of carbonyl (C=O) groups is 1. The van der Waals surface area contributed by atoms with Gasteiger partial charge in [0.05, 0.1) is 18.2 Å². The maximum absolute atomic E-state index is 13.1. The van der Waals surface area contributed by atoms with E-state index in [0.717, 1.165) is 18.5 Å². The number of ether oxygens (including phenoxy) is 1. The largest absolute Gasteiger partial charge is 0.494 e. The highest BCUT2D eigenvalue weighted by Gasteiger charge is 2.17. The molecule has 0 spiro atoms. The number of nitriles is 1. The van der Waals surface area contributed by atoms with Crippen molar-refractivity contribution in [1.29, 1.82) is 5.26 Å². The maximum atomic E-state index is 13.1. The zero-order valence-electron chi connectivity index (χ0n) is 16.3. The predicted molar refractivity (Wildman–Crippen MR) is 107 cm³/mol. The van der Waals surface area contributed by atoms with Gasteiger partial charge in [-0.1, -0.05) is 25.1 Å². The molecule has 142 valence electrons. The van der Waals surface area contributed by atoms with E-state index >= 15 is 0 Å². The zero-order valence-corrected chi connectivity index (χ0v) is 16.3. The van der Waals surface area contributed by atoms with Gasteiger partial charge in [0.2, 0.25) is 0 Å². The minimum Gasteiger partial charge on any atom is -0.494 e. The van der Waals surface area contributed by atoms with Gasteiger partial charge in [0, 0.05) is 25.2 Å². The van der Waals surface area contributed by atoms with Crippen molar-refractivity contribution in [3.63, 3.8) is 0 Å². The van der Waals surface area contributed by atoms with E-state index in [1.165, 1.54) is 0 Å². The summed E-state index contributed by atoms with van der Waals surface area (Å²) in [7, 11) is 3.98. The number of rotatable bonds is 9. The minimum absolute atomic E-state index is 0.0249. The first kappa shape index (κ1) is 20.5. The van der Waals surface area contributed by atoms with E-state index in [1.807, 2.05) is 49.3 Å². The fourth-order valence-electron chi connectivity index (χ4n) is 2.60. The molecule has 5 nitrogen and oxygen atoms in total. The molecule has 5 heteroatoms. The fourth-order valence-corrected chi connectivity index (χ4v) is 2.60. The first-order chi connectivity index (χ1) is 13.0. The van der Waals surface area contributed by atoms with Crippen LogP contribution in [0.2, 0.25) is 0 Å². The van der Waals surface area contributed by atoms with Crippen LogP contribution >= 0.6 is 0 Å². The van der Waals surface area contributed by atoms with Crippen LogP contribution in [0.3, 0.4) is 0 Å². The third kappa shape index (κ3) is 6.43. The second-order valence-corrected chi connectivity index (χ2v) is 6.72. The van der Waals surface area contributed by atoms with E-state index in [9.17, 15) is 4.79 Å². The van der Waals surface area contributed by atoms with Crippen LogP contribution in [-0.2, 0) is 6.54 Å². The molecule has 0 aliphatic heterocycles. The van der Waals surface area contributed by atoms with Crippen LogP contribution in [0.1, 0.15) is 34.8 Å². The van der Waals surface area contributed by atoms with Crippen LogP contribution in [0.5, 0.6) is 5.75 Å². The van der Waals surface area contributed by atoms with Gasteiger partial charge in [-0.05, 0) is 56.4 Å². The van der Waals surface area contributed by atoms with Gasteiger partial charge in [-0.2, -0.15) is 5.26 Å². The molecular formula is C22H27N3O2. The summed E-state index contributed by atoms with van der Waals surface area (Å²) in [5.74, 6) is 0.691. The van der Waals surface area contributed by atoms with Gasteiger partial charge in [0.25, 0.3) is 5.91 Å². The normalized spacial score (nSPS) is 10.5. The quantitative estimate of drug-likeness (QED) is 0.682. The van der Waals surface area contributed by atoms with Gasteiger partial charge in [-0.25, -0.2) is 0 Å². The number of nitrogens with zero attached hydrogens (tertiary/aromatic N) is 3. The Bertz CT molecular complexity index is 779. The van der Waals surface area contributed by atoms with Crippen molar-refractivity contribution in [3.8, 4) is 11.8 Å². The second-order valence-electron chi connectivity index (χ2n) is 6.72. The summed E-state index contributed by atoms with van der Waals surface area (Å²) in [5, 5.41) is 8.95. The Morgan fingerprint density at radius 2 is 1.85 bits per heavy atom. The summed E-state index contributed by atoms with van der Waals surface area (Å²) < 4.78 is 5.66. The van der Waals surface area contributed by atoms with E-state index in [2.05, 4.69) is 17.9 Å². The summed E-state index contributed by atoms with van der Waals surface area (Å²) in [6.45, 7) is 4.57. The van der Waals surface area contributed by atoms with Crippen molar-refractivity contribution in [3.05, 3.63) is 65.2 Å². The lowest BCUT2D eigenvalue weighted by molar-refractivity contribution is 0.0731. The molecule has 2 aromatic rings. The highest BCUT2D eigenvalue weighted by atomic mass is 16.5. The molecule has 0 atom stereocenters. The molecule has 0 radical (unpaired) electrons. The zero-order chi connectivity index (χ0) is 19.6. The predicted octanol–water partition coefficient (Wildman–Crippen LogP) is 3.55. The van der Waals surface area contributed by atoms with Gasteiger partial charge < -0.3 is 14.5 Å². The fraction of sp³-hybridized carbons (Fsp3) is 0.364. The van der Waals surface area contributed by atoms with E-state index < -0.39 is 0 Å². The number of hydrogen-bond donors (Lipinski definition) is 0. The summed E-state index contributed by atoms with van der Waals surface area (Å²) in [5.41, 5.74) is 2.24. The summed E-state index contributed by atoms with van der Waals surface area (Å²) >= 11 is 0. The Balaban J connectivity index is 2.18. The van der Waals surface area contributed by atoms with Crippen LogP contribution in [0.25, 0.3) is 0 Å². The topological polar surface area (TPSA) is 56.6 Å². The second kappa shape index (κ2) is 10.3. The number of carbonyl (C=O) groups excluding carboxylic acids is 1. The van der Waals surface area contributed by atoms with Crippen LogP contribution in [-0.4, -0.2) is 49.5 Å². The molecule has 1 amide bonds. The standard InChI is InChI=1S/C22H27N3O2/c1-4-14-27-21-7-5-6-20(15-21)22(26)25(13-12-24(2)3)17-19-10-8-18(16-23)9-11-19/h5-11,15H,4,12-14,17H2,1-3H3. The number of likely N-dealkylation sites (N-methyl/N-ethyl adjacent to an activating group) is 1. The smallest absolute Gasteiger partial charge is 0.254 e. The molecule has 0 aliphatic rings. The summed E-state index contributed by atoms with van der Waals surface area (Å²) in [6.07, 6.45) is 0.922. The Morgan fingerprint density at radius 1 is 1.11 bits per heavy atom. The molecule has 2 rings (SSSR count).